The molecule has 0 fully saturated rings. The summed E-state index contributed by atoms with van der Waals surface area (Å²) in [4.78, 5) is 29.4. The second-order valence-corrected chi connectivity index (χ2v) is 6.44. The maximum Gasteiger partial charge on any atom is 0.337 e. The van der Waals surface area contributed by atoms with Crippen molar-refractivity contribution in [2.45, 2.75) is 19.4 Å². The molecule has 0 saturated carbocycles. The molecule has 1 aliphatic rings. The Morgan fingerprint density at radius 2 is 2.00 bits per heavy atom. The monoisotopic (exact) mass is 364 g/mol. The number of aromatic nitrogens is 2. The van der Waals surface area contributed by atoms with Gasteiger partial charge in [0.1, 0.15) is 11.6 Å². The minimum absolute atomic E-state index is 0.176. The first kappa shape index (κ1) is 17.1. The molecule has 0 radical (unpaired) electrons. The van der Waals surface area contributed by atoms with Gasteiger partial charge in [0.25, 0.3) is 5.56 Å². The van der Waals surface area contributed by atoms with Crippen LogP contribution in [0.15, 0.2) is 47.3 Å². The third kappa shape index (κ3) is 3.14. The van der Waals surface area contributed by atoms with E-state index in [4.69, 9.17) is 4.74 Å². The molecule has 4 rings (SSSR count). The van der Waals surface area contributed by atoms with Crippen molar-refractivity contribution in [1.82, 2.24) is 9.55 Å². The number of carbonyl (C=O) groups is 1. The van der Waals surface area contributed by atoms with Crippen LogP contribution in [0, 0.1) is 5.82 Å². The maximum atomic E-state index is 13.1. The van der Waals surface area contributed by atoms with Crippen LogP contribution in [0.2, 0.25) is 0 Å². The van der Waals surface area contributed by atoms with E-state index in [1.807, 2.05) is 6.08 Å². The molecule has 0 N–H and O–H groups in total. The Labute approximate surface area is 154 Å². The normalized spacial score (nSPS) is 15.0. The molecule has 0 aliphatic carbocycles. The van der Waals surface area contributed by atoms with E-state index in [2.05, 4.69) is 4.98 Å². The predicted octanol–water partition coefficient (Wildman–Crippen LogP) is 3.66. The molecule has 2 aromatic carbocycles. The number of halogens is 1. The van der Waals surface area contributed by atoms with Crippen LogP contribution < -0.4 is 5.56 Å². The van der Waals surface area contributed by atoms with Gasteiger partial charge in [-0.2, -0.15) is 0 Å². The topological polar surface area (TPSA) is 61.2 Å². The van der Waals surface area contributed by atoms with Gasteiger partial charge in [-0.05, 0) is 60.4 Å². The number of ether oxygens (including phenoxy) is 1. The number of nitrogens with zero attached hydrogens (tertiary/aromatic N) is 2. The highest BCUT2D eigenvalue weighted by Crippen LogP contribution is 2.27. The zero-order valence-electron chi connectivity index (χ0n) is 14.7. The van der Waals surface area contributed by atoms with E-state index in [1.165, 1.54) is 25.3 Å². The first-order valence-electron chi connectivity index (χ1n) is 8.66. The van der Waals surface area contributed by atoms with Gasteiger partial charge in [-0.3, -0.25) is 9.36 Å². The Morgan fingerprint density at radius 1 is 1.22 bits per heavy atom. The van der Waals surface area contributed by atoms with Gasteiger partial charge in [-0.1, -0.05) is 12.1 Å². The van der Waals surface area contributed by atoms with Crippen molar-refractivity contribution in [1.29, 1.82) is 0 Å². The summed E-state index contributed by atoms with van der Waals surface area (Å²) in [5.74, 6) is -0.159. The minimum Gasteiger partial charge on any atom is -0.465 e. The summed E-state index contributed by atoms with van der Waals surface area (Å²) >= 11 is 0. The molecule has 0 unspecified atom stereocenters. The van der Waals surface area contributed by atoms with Gasteiger partial charge < -0.3 is 4.74 Å². The smallest absolute Gasteiger partial charge is 0.337 e. The van der Waals surface area contributed by atoms with Crippen LogP contribution in [0.5, 0.6) is 0 Å². The third-order valence-electron chi connectivity index (χ3n) is 4.70. The van der Waals surface area contributed by atoms with Crippen molar-refractivity contribution in [3.63, 3.8) is 0 Å². The Hall–Kier alpha value is -3.28. The van der Waals surface area contributed by atoms with Crippen LogP contribution in [0.25, 0.3) is 22.6 Å². The largest absolute Gasteiger partial charge is 0.465 e. The number of allylic oxidation sites excluding steroid dienone is 1. The quantitative estimate of drug-likeness (QED) is 0.651. The maximum absolute atomic E-state index is 13.1. The second-order valence-electron chi connectivity index (χ2n) is 6.44. The molecule has 0 atom stereocenters. The highest BCUT2D eigenvalue weighted by Gasteiger charge is 2.20. The van der Waals surface area contributed by atoms with Crippen LogP contribution in [0.4, 0.5) is 4.39 Å². The third-order valence-corrected chi connectivity index (χ3v) is 4.70. The van der Waals surface area contributed by atoms with Gasteiger partial charge in [-0.15, -0.1) is 0 Å². The summed E-state index contributed by atoms with van der Waals surface area (Å²) in [5, 5.41) is 0.393. The molecule has 5 nitrogen and oxygen atoms in total. The average Bonchev–Trinajstić information content (AvgIpc) is 2.69. The second kappa shape index (κ2) is 6.79. The molecule has 2 heterocycles. The fraction of sp³-hybridized carbons (Fsp3) is 0.190. The molecule has 0 saturated heterocycles. The minimum atomic E-state index is -0.490. The summed E-state index contributed by atoms with van der Waals surface area (Å²) in [5.41, 5.74) is 2.47. The van der Waals surface area contributed by atoms with Crippen molar-refractivity contribution >= 4 is 28.5 Å². The lowest BCUT2D eigenvalue weighted by Gasteiger charge is -2.21. The van der Waals surface area contributed by atoms with Crippen molar-refractivity contribution in [3.05, 3.63) is 75.6 Å². The van der Waals surface area contributed by atoms with Crippen LogP contribution >= 0.6 is 0 Å². The summed E-state index contributed by atoms with van der Waals surface area (Å²) < 4.78 is 19.5. The molecule has 6 heteroatoms. The first-order valence-corrected chi connectivity index (χ1v) is 8.66. The molecule has 27 heavy (non-hydrogen) atoms. The van der Waals surface area contributed by atoms with E-state index >= 15 is 0 Å². The molecule has 1 aromatic heterocycles. The van der Waals surface area contributed by atoms with Gasteiger partial charge in [0, 0.05) is 6.54 Å². The van der Waals surface area contributed by atoms with Crippen molar-refractivity contribution in [2.24, 2.45) is 0 Å². The Bertz CT molecular complexity index is 1130. The molecule has 3 aromatic rings. The van der Waals surface area contributed by atoms with Crippen LogP contribution in [0.1, 0.15) is 34.6 Å². The van der Waals surface area contributed by atoms with Crippen molar-refractivity contribution in [2.75, 3.05) is 7.11 Å². The van der Waals surface area contributed by atoms with Crippen LogP contribution in [-0.4, -0.2) is 22.6 Å². The summed E-state index contributed by atoms with van der Waals surface area (Å²) in [6.45, 7) is 0.570. The number of benzene rings is 2. The zero-order valence-corrected chi connectivity index (χ0v) is 14.7. The number of methoxy groups -OCH3 is 1. The van der Waals surface area contributed by atoms with Gasteiger partial charge in [0.2, 0.25) is 0 Å². The van der Waals surface area contributed by atoms with E-state index in [0.29, 0.717) is 28.8 Å². The Morgan fingerprint density at radius 3 is 2.74 bits per heavy atom. The van der Waals surface area contributed by atoms with E-state index in [-0.39, 0.29) is 11.4 Å². The van der Waals surface area contributed by atoms with Crippen molar-refractivity contribution in [3.8, 4) is 0 Å². The highest BCUT2D eigenvalue weighted by molar-refractivity contribution is 5.94. The molecule has 1 aliphatic heterocycles. The van der Waals surface area contributed by atoms with Gasteiger partial charge in [0.15, 0.2) is 0 Å². The summed E-state index contributed by atoms with van der Waals surface area (Å²) in [6, 6.07) is 11.0. The number of hydrogen-bond donors (Lipinski definition) is 0. The highest BCUT2D eigenvalue weighted by atomic mass is 19.1. The van der Waals surface area contributed by atoms with Gasteiger partial charge >= 0.3 is 5.97 Å². The molecule has 0 amide bonds. The number of esters is 1. The predicted molar refractivity (Wildman–Crippen MR) is 101 cm³/mol. The van der Waals surface area contributed by atoms with E-state index < -0.39 is 5.97 Å². The number of fused-ring (bicyclic) bond motifs is 2. The lowest BCUT2D eigenvalue weighted by Crippen LogP contribution is -2.28. The lowest BCUT2D eigenvalue weighted by atomic mass is 10.0. The Balaban J connectivity index is 1.87. The molecule has 0 spiro atoms. The van der Waals surface area contributed by atoms with Crippen LogP contribution in [-0.2, 0) is 11.3 Å². The van der Waals surface area contributed by atoms with Gasteiger partial charge in [-0.25, -0.2) is 14.2 Å². The standard InChI is InChI=1S/C21H17FN2O3/c1-27-21(26)15-6-9-18-17(12-15)20(25)24-10-2-3-14(19(24)23-18)11-13-4-7-16(22)8-5-13/h4-9,11-12H,2-3,10H2,1H3. The first-order chi connectivity index (χ1) is 13.1. The number of hydrogen-bond acceptors (Lipinski definition) is 4. The van der Waals surface area contributed by atoms with E-state index in [1.54, 1.807) is 28.8 Å². The summed E-state index contributed by atoms with van der Waals surface area (Å²) in [6.07, 6.45) is 3.53. The molecule has 136 valence electrons. The fourth-order valence-corrected chi connectivity index (χ4v) is 3.35. The van der Waals surface area contributed by atoms with E-state index in [9.17, 15) is 14.0 Å². The zero-order chi connectivity index (χ0) is 19.0. The number of rotatable bonds is 2. The van der Waals surface area contributed by atoms with Crippen molar-refractivity contribution < 1.29 is 13.9 Å². The van der Waals surface area contributed by atoms with Gasteiger partial charge in [0.05, 0.1) is 23.6 Å². The summed E-state index contributed by atoms with van der Waals surface area (Å²) in [7, 11) is 1.30. The number of carbonyl (C=O) groups excluding carboxylic acids is 1. The van der Waals surface area contributed by atoms with E-state index in [0.717, 1.165) is 24.0 Å². The molecule has 0 bridgehead atoms. The lowest BCUT2D eigenvalue weighted by molar-refractivity contribution is 0.0601. The SMILES string of the molecule is COC(=O)c1ccc2nc3n(c(=O)c2c1)CCCC3=Cc1ccc(F)cc1. The molecular formula is C21H17FN2O3. The Kier molecular flexibility index (Phi) is 4.32. The fourth-order valence-electron chi connectivity index (χ4n) is 3.35. The molecular weight excluding hydrogens is 347 g/mol. The average molecular weight is 364 g/mol. The van der Waals surface area contributed by atoms with Crippen LogP contribution in [0.3, 0.4) is 0 Å².